The number of ether oxygens (including phenoxy) is 1. The Kier molecular flexibility index (Phi) is 51.5. The Labute approximate surface area is 404 Å². The number of aliphatic hydroxyl groups excluding tert-OH is 2. The fraction of sp³-hybridized carbons (Fsp3) is 0.864. The molecule has 3 N–H and O–H groups in total. The first kappa shape index (κ1) is 63.1. The lowest BCUT2D eigenvalue weighted by molar-refractivity contribution is -0.151. The number of unbranched alkanes of at least 4 members (excludes halogenated alkanes) is 34. The van der Waals surface area contributed by atoms with Gasteiger partial charge in [-0.25, -0.2) is 0 Å². The maximum absolute atomic E-state index is 13.3. The highest BCUT2D eigenvalue weighted by atomic mass is 16.5. The van der Waals surface area contributed by atoms with Crippen LogP contribution in [-0.4, -0.2) is 46.9 Å². The van der Waals surface area contributed by atoms with Crippen molar-refractivity contribution in [2.45, 2.75) is 322 Å². The first-order chi connectivity index (χ1) is 32.0. The molecule has 3 atom stereocenters. The van der Waals surface area contributed by atoms with E-state index in [0.717, 1.165) is 70.6 Å². The first-order valence-corrected chi connectivity index (χ1v) is 28.7. The molecule has 6 heteroatoms. The molecule has 3 unspecified atom stereocenters. The lowest BCUT2D eigenvalue weighted by Gasteiger charge is -2.24. The van der Waals surface area contributed by atoms with Gasteiger partial charge in [-0.3, -0.25) is 9.59 Å². The predicted molar refractivity (Wildman–Crippen MR) is 282 cm³/mol. The van der Waals surface area contributed by atoms with Crippen molar-refractivity contribution < 1.29 is 24.5 Å². The predicted octanol–water partition coefficient (Wildman–Crippen LogP) is 17.6. The van der Waals surface area contributed by atoms with Crippen LogP contribution in [0.15, 0.2) is 36.5 Å². The monoisotopic (exact) mass is 914 g/mol. The van der Waals surface area contributed by atoms with Gasteiger partial charge in [-0.15, -0.1) is 0 Å². The smallest absolute Gasteiger partial charge is 0.306 e. The van der Waals surface area contributed by atoms with Crippen molar-refractivity contribution in [1.29, 1.82) is 0 Å². The molecular formula is C59H111NO5. The van der Waals surface area contributed by atoms with Gasteiger partial charge in [0.15, 0.2) is 0 Å². The van der Waals surface area contributed by atoms with Crippen LogP contribution in [0.5, 0.6) is 0 Å². The second-order valence-corrected chi connectivity index (χ2v) is 19.7. The van der Waals surface area contributed by atoms with E-state index >= 15 is 0 Å². The number of esters is 1. The Balaban J connectivity index is 4.58. The minimum atomic E-state index is -0.796. The number of hydrogen-bond donors (Lipinski definition) is 3. The molecule has 0 aromatic heterocycles. The van der Waals surface area contributed by atoms with Crippen molar-refractivity contribution in [3.05, 3.63) is 36.5 Å². The van der Waals surface area contributed by atoms with E-state index in [1.54, 1.807) is 0 Å². The number of nitrogens with one attached hydrogen (secondary N) is 1. The van der Waals surface area contributed by atoms with Gasteiger partial charge >= 0.3 is 5.97 Å². The molecule has 0 aromatic carbocycles. The van der Waals surface area contributed by atoms with Gasteiger partial charge in [0.1, 0.15) is 6.10 Å². The van der Waals surface area contributed by atoms with Crippen LogP contribution in [0, 0.1) is 0 Å². The summed E-state index contributed by atoms with van der Waals surface area (Å²) in [6.07, 6.45) is 63.5. The van der Waals surface area contributed by atoms with Crippen LogP contribution in [0.1, 0.15) is 303 Å². The number of hydrogen-bond acceptors (Lipinski definition) is 5. The SMILES string of the molecule is CCCCC/C=C\C/C=C\C/C=C\CCCCC(CC(=O)NC(CO)C(O)CCCCCCCCCCCCCCCCC)OC(=O)CCCCCCCCCCCCCCCCCC. The van der Waals surface area contributed by atoms with E-state index in [2.05, 4.69) is 62.5 Å². The van der Waals surface area contributed by atoms with Crippen LogP contribution in [0.3, 0.4) is 0 Å². The fourth-order valence-corrected chi connectivity index (χ4v) is 8.85. The van der Waals surface area contributed by atoms with Crippen molar-refractivity contribution >= 4 is 11.9 Å². The number of allylic oxidation sites excluding steroid dienone is 6. The average molecular weight is 915 g/mol. The average Bonchev–Trinajstić information content (AvgIpc) is 3.30. The summed E-state index contributed by atoms with van der Waals surface area (Å²) in [4.78, 5) is 26.2. The Morgan fingerprint density at radius 1 is 0.446 bits per heavy atom. The highest BCUT2D eigenvalue weighted by Crippen LogP contribution is 2.18. The van der Waals surface area contributed by atoms with E-state index in [1.165, 1.54) is 186 Å². The zero-order valence-corrected chi connectivity index (χ0v) is 43.6. The van der Waals surface area contributed by atoms with Gasteiger partial charge in [-0.1, -0.05) is 263 Å². The van der Waals surface area contributed by atoms with Gasteiger partial charge in [0.05, 0.1) is 25.2 Å². The van der Waals surface area contributed by atoms with Crippen molar-refractivity contribution in [3.63, 3.8) is 0 Å². The highest BCUT2D eigenvalue weighted by Gasteiger charge is 2.24. The van der Waals surface area contributed by atoms with Gasteiger partial charge in [0.2, 0.25) is 5.91 Å². The Morgan fingerprint density at radius 3 is 1.20 bits per heavy atom. The van der Waals surface area contributed by atoms with Crippen LogP contribution < -0.4 is 5.32 Å². The molecule has 0 saturated carbocycles. The Hall–Kier alpha value is -1.92. The molecule has 6 nitrogen and oxygen atoms in total. The van der Waals surface area contributed by atoms with Gasteiger partial charge < -0.3 is 20.3 Å². The summed E-state index contributed by atoms with van der Waals surface area (Å²) in [6.45, 7) is 6.48. The zero-order chi connectivity index (χ0) is 47.4. The van der Waals surface area contributed by atoms with E-state index in [-0.39, 0.29) is 24.9 Å². The largest absolute Gasteiger partial charge is 0.462 e. The van der Waals surface area contributed by atoms with E-state index < -0.39 is 18.2 Å². The van der Waals surface area contributed by atoms with Crippen molar-refractivity contribution in [2.75, 3.05) is 6.61 Å². The fourth-order valence-electron chi connectivity index (χ4n) is 8.85. The summed E-state index contributed by atoms with van der Waals surface area (Å²) < 4.78 is 5.94. The Bertz CT molecular complexity index is 1070. The summed E-state index contributed by atoms with van der Waals surface area (Å²) >= 11 is 0. The minimum absolute atomic E-state index is 0.0561. The third-order valence-electron chi connectivity index (χ3n) is 13.2. The molecule has 382 valence electrons. The summed E-state index contributed by atoms with van der Waals surface area (Å²) in [7, 11) is 0. The van der Waals surface area contributed by atoms with Crippen LogP contribution in [-0.2, 0) is 14.3 Å². The molecular weight excluding hydrogens is 803 g/mol. The topological polar surface area (TPSA) is 95.9 Å². The van der Waals surface area contributed by atoms with Crippen molar-refractivity contribution in [3.8, 4) is 0 Å². The quantitative estimate of drug-likeness (QED) is 0.0321. The Morgan fingerprint density at radius 2 is 0.785 bits per heavy atom. The summed E-state index contributed by atoms with van der Waals surface area (Å²) in [5.74, 6) is -0.496. The normalized spacial score (nSPS) is 13.4. The number of aliphatic hydroxyl groups is 2. The molecule has 0 fully saturated rings. The number of rotatable bonds is 52. The van der Waals surface area contributed by atoms with Crippen LogP contribution >= 0.6 is 0 Å². The summed E-state index contributed by atoms with van der Waals surface area (Å²) in [5.41, 5.74) is 0. The molecule has 0 heterocycles. The lowest BCUT2D eigenvalue weighted by Crippen LogP contribution is -2.46. The van der Waals surface area contributed by atoms with Crippen LogP contribution in [0.2, 0.25) is 0 Å². The number of carbonyl (C=O) groups is 2. The van der Waals surface area contributed by atoms with Gasteiger partial charge in [0, 0.05) is 6.42 Å². The van der Waals surface area contributed by atoms with Crippen molar-refractivity contribution in [2.24, 2.45) is 0 Å². The maximum Gasteiger partial charge on any atom is 0.306 e. The van der Waals surface area contributed by atoms with E-state index in [1.807, 2.05) is 0 Å². The second-order valence-electron chi connectivity index (χ2n) is 19.7. The van der Waals surface area contributed by atoms with E-state index in [0.29, 0.717) is 19.3 Å². The third-order valence-corrected chi connectivity index (χ3v) is 13.2. The lowest BCUT2D eigenvalue weighted by atomic mass is 10.0. The molecule has 0 spiro atoms. The minimum Gasteiger partial charge on any atom is -0.462 e. The summed E-state index contributed by atoms with van der Waals surface area (Å²) in [5, 5.41) is 23.9. The molecule has 65 heavy (non-hydrogen) atoms. The molecule has 0 aliphatic heterocycles. The van der Waals surface area contributed by atoms with Crippen molar-refractivity contribution in [1.82, 2.24) is 5.32 Å². The number of amides is 1. The molecule has 0 aliphatic carbocycles. The first-order valence-electron chi connectivity index (χ1n) is 28.7. The molecule has 0 aliphatic rings. The maximum atomic E-state index is 13.3. The molecule has 0 radical (unpaired) electrons. The molecule has 0 saturated heterocycles. The van der Waals surface area contributed by atoms with Gasteiger partial charge in [-0.05, 0) is 64.2 Å². The molecule has 1 amide bonds. The third kappa shape index (κ3) is 48.3. The highest BCUT2D eigenvalue weighted by molar-refractivity contribution is 5.77. The standard InChI is InChI=1S/C59H111NO5/c1-4-7-10-13-16-19-22-25-28-31-34-37-40-43-46-49-52-59(64)65-55(50-47-44-41-38-35-32-29-26-23-20-17-14-11-8-5-2)53-58(63)60-56(54-61)57(62)51-48-45-42-39-36-33-30-27-24-21-18-15-12-9-6-3/h17,20,26,29,35,38,55-57,61-62H,4-16,18-19,21-25,27-28,30-34,36-37,39-54H2,1-3H3,(H,60,63)/b20-17-,29-26-,38-35-. The molecule has 0 aromatic rings. The van der Waals surface area contributed by atoms with E-state index in [9.17, 15) is 19.8 Å². The second kappa shape index (κ2) is 53.0. The zero-order valence-electron chi connectivity index (χ0n) is 43.6. The van der Waals surface area contributed by atoms with E-state index in [4.69, 9.17) is 4.74 Å². The molecule has 0 rings (SSSR count). The van der Waals surface area contributed by atoms with Gasteiger partial charge in [-0.2, -0.15) is 0 Å². The molecule has 0 bridgehead atoms. The van der Waals surface area contributed by atoms with Gasteiger partial charge in [0.25, 0.3) is 0 Å². The summed E-state index contributed by atoms with van der Waals surface area (Å²) in [6, 6.07) is -0.711. The van der Waals surface area contributed by atoms with Crippen LogP contribution in [0.25, 0.3) is 0 Å². The van der Waals surface area contributed by atoms with Crippen LogP contribution in [0.4, 0.5) is 0 Å². The number of carbonyl (C=O) groups excluding carboxylic acids is 2.